The van der Waals surface area contributed by atoms with Gasteiger partial charge in [0.05, 0.1) is 11.2 Å². The number of ketones is 1. The van der Waals surface area contributed by atoms with E-state index in [-0.39, 0.29) is 11.7 Å². The molecule has 138 valence electrons. The largest absolute Gasteiger partial charge is 0.344 e. The van der Waals surface area contributed by atoms with Gasteiger partial charge in [-0.15, -0.1) is 0 Å². The third kappa shape index (κ3) is 3.36. The third-order valence-corrected chi connectivity index (χ3v) is 7.31. The van der Waals surface area contributed by atoms with E-state index in [4.69, 9.17) is 15.7 Å². The van der Waals surface area contributed by atoms with Crippen LogP contribution in [0.3, 0.4) is 0 Å². The first-order chi connectivity index (χ1) is 11.1. The van der Waals surface area contributed by atoms with E-state index in [0.29, 0.717) is 38.6 Å². The second kappa shape index (κ2) is 6.72. The van der Waals surface area contributed by atoms with Crippen LogP contribution in [0.5, 0.6) is 0 Å². The van der Waals surface area contributed by atoms with E-state index < -0.39 is 38.7 Å². The minimum Gasteiger partial charge on any atom is -0.344 e. The van der Waals surface area contributed by atoms with E-state index in [2.05, 4.69) is 0 Å². The number of fused-ring (bicyclic) bond motifs is 2. The van der Waals surface area contributed by atoms with Crippen LogP contribution >= 0.6 is 0 Å². The van der Waals surface area contributed by atoms with Gasteiger partial charge in [-0.05, 0) is 43.6 Å². The van der Waals surface area contributed by atoms with Crippen LogP contribution in [-0.2, 0) is 23.9 Å². The molecule has 2 saturated carbocycles. The lowest BCUT2D eigenvalue weighted by molar-refractivity contribution is -0.136. The van der Waals surface area contributed by atoms with Crippen molar-refractivity contribution >= 4 is 21.9 Å². The van der Waals surface area contributed by atoms with Crippen LogP contribution in [0.1, 0.15) is 52.4 Å². The maximum atomic E-state index is 12.4. The number of Topliss-reactive ketones (excluding diaryl/α,β-unsaturated/α-hetero) is 1. The van der Waals surface area contributed by atoms with E-state index in [9.17, 15) is 18.0 Å². The van der Waals surface area contributed by atoms with Crippen molar-refractivity contribution in [1.82, 2.24) is 0 Å². The van der Waals surface area contributed by atoms with Crippen molar-refractivity contribution in [2.75, 3.05) is 12.3 Å². The molecule has 0 aromatic rings. The molecule has 8 heteroatoms. The summed E-state index contributed by atoms with van der Waals surface area (Å²) >= 11 is 0. The normalized spacial score (nSPS) is 29.7. The molecule has 7 nitrogen and oxygen atoms in total. The predicted octanol–water partition coefficient (Wildman–Crippen LogP) is 0.711. The van der Waals surface area contributed by atoms with E-state index in [1.807, 2.05) is 13.8 Å². The van der Waals surface area contributed by atoms with E-state index in [1.165, 1.54) is 0 Å². The monoisotopic (exact) mass is 360 g/mol. The zero-order valence-corrected chi connectivity index (χ0v) is 15.2. The first-order valence-electron chi connectivity index (χ1n) is 8.51. The highest BCUT2D eigenvalue weighted by Crippen LogP contribution is 2.64. The zero-order valence-electron chi connectivity index (χ0n) is 14.4. The molecular weight excluding hydrogens is 332 g/mol. The molecule has 24 heavy (non-hydrogen) atoms. The van der Waals surface area contributed by atoms with Gasteiger partial charge in [0.25, 0.3) is 0 Å². The predicted molar refractivity (Wildman–Crippen MR) is 89.3 cm³/mol. The van der Waals surface area contributed by atoms with Crippen molar-refractivity contribution in [1.29, 1.82) is 0 Å². The Morgan fingerprint density at radius 3 is 2.54 bits per heavy atom. The number of nitrogens with two attached hydrogens (primary N) is 2. The van der Waals surface area contributed by atoms with Crippen LogP contribution in [0.4, 0.5) is 0 Å². The summed E-state index contributed by atoms with van der Waals surface area (Å²) in [6.45, 7) is 4.36. The molecule has 0 aliphatic heterocycles. The van der Waals surface area contributed by atoms with Gasteiger partial charge >= 0.3 is 16.1 Å². The Morgan fingerprint density at radius 1 is 1.38 bits per heavy atom. The Balaban J connectivity index is 2.04. The quantitative estimate of drug-likeness (QED) is 0.481. The Kier molecular flexibility index (Phi) is 5.42. The highest BCUT2D eigenvalue weighted by Gasteiger charge is 2.65. The summed E-state index contributed by atoms with van der Waals surface area (Å²) < 4.78 is 29.5. The fourth-order valence-corrected chi connectivity index (χ4v) is 5.97. The van der Waals surface area contributed by atoms with Crippen LogP contribution < -0.4 is 11.5 Å². The molecule has 2 unspecified atom stereocenters. The Labute approximate surface area is 143 Å². The fraction of sp³-hybridized carbons (Fsp3) is 0.875. The van der Waals surface area contributed by atoms with Gasteiger partial charge in [0.1, 0.15) is 11.8 Å². The molecule has 0 aromatic carbocycles. The second-order valence-corrected chi connectivity index (χ2v) is 9.23. The van der Waals surface area contributed by atoms with Gasteiger partial charge in [0, 0.05) is 6.42 Å². The van der Waals surface area contributed by atoms with Crippen LogP contribution in [0, 0.1) is 16.7 Å². The van der Waals surface area contributed by atoms with Crippen molar-refractivity contribution < 1.29 is 22.2 Å². The summed E-state index contributed by atoms with van der Waals surface area (Å²) in [5.74, 6) is -1.23. The SMILES string of the molecule is CC1(C)C2CCC1(CS(=O)(=O)OC(=O)[C@@H](N)CCCCN)C(=O)C2. The lowest BCUT2D eigenvalue weighted by Gasteiger charge is -2.35. The Morgan fingerprint density at radius 2 is 2.04 bits per heavy atom. The molecule has 2 bridgehead atoms. The standard InChI is InChI=1S/C16H28N2O5S/c1-15(2)11-6-7-16(15,13(19)9-11)10-24(21,22)23-14(20)12(18)5-3-4-8-17/h11-12H,3-10,17-18H2,1-2H3/t11?,12-,16?/m0/s1. The van der Waals surface area contributed by atoms with Crippen LogP contribution in [0.2, 0.25) is 0 Å². The summed E-state index contributed by atoms with van der Waals surface area (Å²) in [6.07, 6.45) is 3.44. The first kappa shape index (κ1) is 19.3. The number of hydrogen-bond acceptors (Lipinski definition) is 7. The minimum absolute atomic E-state index is 0.0318. The van der Waals surface area contributed by atoms with Gasteiger partial charge in [0.15, 0.2) is 0 Å². The van der Waals surface area contributed by atoms with Crippen molar-refractivity contribution in [3.05, 3.63) is 0 Å². The molecule has 2 aliphatic rings. The van der Waals surface area contributed by atoms with Gasteiger partial charge in [-0.2, -0.15) is 8.42 Å². The molecule has 0 heterocycles. The number of unbranched alkanes of at least 4 members (excludes halogenated alkanes) is 1. The highest BCUT2D eigenvalue weighted by molar-refractivity contribution is 7.87. The average molecular weight is 360 g/mol. The molecule has 0 aromatic heterocycles. The number of hydrogen-bond donors (Lipinski definition) is 2. The van der Waals surface area contributed by atoms with Gasteiger partial charge in [-0.3, -0.25) is 4.79 Å². The molecule has 2 rings (SSSR count). The van der Waals surface area contributed by atoms with Gasteiger partial charge in [0.2, 0.25) is 0 Å². The van der Waals surface area contributed by atoms with Crippen LogP contribution in [-0.4, -0.2) is 38.5 Å². The molecule has 2 fully saturated rings. The number of carbonyl (C=O) groups excluding carboxylic acids is 2. The molecule has 4 N–H and O–H groups in total. The number of carbonyl (C=O) groups is 2. The molecule has 0 amide bonds. The Bertz CT molecular complexity index is 616. The van der Waals surface area contributed by atoms with Gasteiger partial charge in [-0.25, -0.2) is 4.79 Å². The van der Waals surface area contributed by atoms with Crippen LogP contribution in [0.25, 0.3) is 0 Å². The molecule has 3 atom stereocenters. The first-order valence-corrected chi connectivity index (χ1v) is 10.1. The summed E-state index contributed by atoms with van der Waals surface area (Å²) in [4.78, 5) is 24.3. The summed E-state index contributed by atoms with van der Waals surface area (Å²) in [7, 11) is -4.16. The van der Waals surface area contributed by atoms with Crippen molar-refractivity contribution in [3.63, 3.8) is 0 Å². The highest BCUT2D eigenvalue weighted by atomic mass is 32.2. The molecule has 0 radical (unpaired) electrons. The average Bonchev–Trinajstić information content (AvgIpc) is 2.80. The van der Waals surface area contributed by atoms with Crippen molar-refractivity contribution in [2.45, 2.75) is 58.4 Å². The van der Waals surface area contributed by atoms with E-state index >= 15 is 0 Å². The lowest BCUT2D eigenvalue weighted by Crippen LogP contribution is -2.44. The smallest absolute Gasteiger partial charge is 0.338 e. The minimum atomic E-state index is -4.16. The molecule has 0 saturated heterocycles. The topological polar surface area (TPSA) is 130 Å². The van der Waals surface area contributed by atoms with Gasteiger partial charge in [-0.1, -0.05) is 20.3 Å². The summed E-state index contributed by atoms with van der Waals surface area (Å²) in [6, 6.07) is -0.993. The van der Waals surface area contributed by atoms with Gasteiger partial charge < -0.3 is 15.7 Å². The van der Waals surface area contributed by atoms with Crippen molar-refractivity contribution in [3.8, 4) is 0 Å². The van der Waals surface area contributed by atoms with E-state index in [0.717, 1.165) is 6.42 Å². The molecule has 0 spiro atoms. The summed E-state index contributed by atoms with van der Waals surface area (Å²) in [5.41, 5.74) is 9.71. The summed E-state index contributed by atoms with van der Waals surface area (Å²) in [5, 5.41) is 0. The maximum absolute atomic E-state index is 12.4. The molecule has 2 aliphatic carbocycles. The number of rotatable bonds is 8. The molecular formula is C16H28N2O5S. The zero-order chi connectivity index (χ0) is 18.2. The lowest BCUT2D eigenvalue weighted by atomic mass is 9.70. The third-order valence-electron chi connectivity index (χ3n) is 6.04. The fourth-order valence-electron chi connectivity index (χ4n) is 4.25. The Hall–Kier alpha value is -0.990. The maximum Gasteiger partial charge on any atom is 0.338 e. The van der Waals surface area contributed by atoms with Crippen LogP contribution in [0.15, 0.2) is 0 Å². The van der Waals surface area contributed by atoms with Crippen molar-refractivity contribution in [2.24, 2.45) is 28.2 Å². The van der Waals surface area contributed by atoms with E-state index in [1.54, 1.807) is 0 Å². The second-order valence-electron chi connectivity index (χ2n) is 7.66.